The first-order chi connectivity index (χ1) is 4.84. The van der Waals surface area contributed by atoms with Crippen LogP contribution in [0.4, 0.5) is 0 Å². The largest absolute Gasteiger partial charge is 0.378 e. The van der Waals surface area contributed by atoms with Crippen molar-refractivity contribution < 1.29 is 9.47 Å². The van der Waals surface area contributed by atoms with Crippen LogP contribution in [0, 0.1) is 0 Å². The van der Waals surface area contributed by atoms with Gasteiger partial charge in [0.25, 0.3) is 0 Å². The van der Waals surface area contributed by atoms with E-state index in [1.807, 2.05) is 0 Å². The number of hydrogen-bond acceptors (Lipinski definition) is 2. The summed E-state index contributed by atoms with van der Waals surface area (Å²) in [6, 6.07) is 0. The minimum atomic E-state index is 0.276. The van der Waals surface area contributed by atoms with E-state index in [-0.39, 0.29) is 6.10 Å². The lowest BCUT2D eigenvalue weighted by molar-refractivity contribution is 0.0629. The fraction of sp³-hybridized carbons (Fsp3) is 0.714. The van der Waals surface area contributed by atoms with Gasteiger partial charge in [-0.05, 0) is 0 Å². The van der Waals surface area contributed by atoms with Crippen LogP contribution in [-0.2, 0) is 9.47 Å². The zero-order chi connectivity index (χ0) is 7.40. The van der Waals surface area contributed by atoms with Crippen LogP contribution in [0.15, 0.2) is 12.7 Å². The summed E-state index contributed by atoms with van der Waals surface area (Å²) >= 11 is 2.35. The van der Waals surface area contributed by atoms with E-state index in [4.69, 9.17) is 9.47 Å². The molecule has 0 radical (unpaired) electrons. The normalized spacial score (nSPS) is 32.5. The van der Waals surface area contributed by atoms with Gasteiger partial charge in [-0.1, -0.05) is 28.7 Å². The summed E-state index contributed by atoms with van der Waals surface area (Å²) in [4.78, 5) is 0. The van der Waals surface area contributed by atoms with Crippen LogP contribution in [0.2, 0.25) is 0 Å². The maximum Gasteiger partial charge on any atom is 0.0952 e. The number of halogens is 1. The van der Waals surface area contributed by atoms with Crippen LogP contribution in [-0.4, -0.2) is 29.8 Å². The predicted octanol–water partition coefficient (Wildman–Crippen LogP) is 1.39. The number of rotatable bonds is 3. The van der Waals surface area contributed by atoms with Crippen LogP contribution in [0.3, 0.4) is 0 Å². The molecule has 0 aromatic rings. The van der Waals surface area contributed by atoms with Gasteiger partial charge in [0, 0.05) is 0 Å². The van der Waals surface area contributed by atoms with Crippen LogP contribution in [0.1, 0.15) is 0 Å². The summed E-state index contributed by atoms with van der Waals surface area (Å²) in [6.07, 6.45) is 2.04. The summed E-state index contributed by atoms with van der Waals surface area (Å²) in [7, 11) is 0. The van der Waals surface area contributed by atoms with Gasteiger partial charge in [0.2, 0.25) is 0 Å². The van der Waals surface area contributed by atoms with Crippen molar-refractivity contribution in [1.82, 2.24) is 0 Å². The average Bonchev–Trinajstić information content (AvgIpc) is 2.31. The third kappa shape index (κ3) is 2.21. The topological polar surface area (TPSA) is 18.5 Å². The van der Waals surface area contributed by atoms with Crippen LogP contribution in [0.5, 0.6) is 0 Å². The van der Waals surface area contributed by atoms with Crippen molar-refractivity contribution in [3.8, 4) is 0 Å². The lowest BCUT2D eigenvalue weighted by atomic mass is 10.3. The number of hydrogen-bond donors (Lipinski definition) is 0. The lowest BCUT2D eigenvalue weighted by Gasteiger charge is -2.10. The van der Waals surface area contributed by atoms with Crippen molar-refractivity contribution in [3.05, 3.63) is 12.7 Å². The predicted molar refractivity (Wildman–Crippen MR) is 48.6 cm³/mol. The third-order valence-corrected chi connectivity index (χ3v) is 2.55. The Kier molecular flexibility index (Phi) is 3.65. The maximum atomic E-state index is 5.41. The van der Waals surface area contributed by atoms with Gasteiger partial charge in [-0.15, -0.1) is 6.58 Å². The summed E-state index contributed by atoms with van der Waals surface area (Å²) in [5.41, 5.74) is 0. The van der Waals surface area contributed by atoms with Crippen molar-refractivity contribution in [2.45, 2.75) is 10.0 Å². The first-order valence-electron chi connectivity index (χ1n) is 3.29. The third-order valence-electron chi connectivity index (χ3n) is 1.39. The lowest BCUT2D eigenvalue weighted by Crippen LogP contribution is -2.21. The summed E-state index contributed by atoms with van der Waals surface area (Å²) in [5.74, 6) is 0. The molecule has 0 bridgehead atoms. The molecule has 0 aromatic heterocycles. The van der Waals surface area contributed by atoms with Gasteiger partial charge < -0.3 is 9.47 Å². The quantitative estimate of drug-likeness (QED) is 0.430. The molecule has 0 N–H and O–H groups in total. The summed E-state index contributed by atoms with van der Waals surface area (Å²) < 4.78 is 11.1. The molecule has 1 aliphatic rings. The van der Waals surface area contributed by atoms with Crippen molar-refractivity contribution in [2.24, 2.45) is 0 Å². The highest BCUT2D eigenvalue weighted by molar-refractivity contribution is 14.1. The monoisotopic (exact) mass is 254 g/mol. The Morgan fingerprint density at radius 3 is 3.00 bits per heavy atom. The highest BCUT2D eigenvalue weighted by Gasteiger charge is 2.25. The zero-order valence-corrected chi connectivity index (χ0v) is 7.91. The van der Waals surface area contributed by atoms with Gasteiger partial charge in [0.05, 0.1) is 29.8 Å². The van der Waals surface area contributed by atoms with Gasteiger partial charge in [-0.25, -0.2) is 0 Å². The molecular weight excluding hydrogens is 243 g/mol. The van der Waals surface area contributed by atoms with E-state index in [0.29, 0.717) is 10.5 Å². The number of alkyl halides is 1. The molecule has 1 saturated heterocycles. The molecule has 3 heteroatoms. The van der Waals surface area contributed by atoms with Crippen molar-refractivity contribution in [2.75, 3.05) is 19.8 Å². The van der Waals surface area contributed by atoms with Gasteiger partial charge in [0.15, 0.2) is 0 Å². The van der Waals surface area contributed by atoms with E-state index in [0.717, 1.165) is 13.2 Å². The smallest absolute Gasteiger partial charge is 0.0952 e. The molecule has 58 valence electrons. The minimum absolute atomic E-state index is 0.276. The molecule has 1 heterocycles. The highest BCUT2D eigenvalue weighted by atomic mass is 127. The Morgan fingerprint density at radius 1 is 1.70 bits per heavy atom. The Hall–Kier alpha value is 0.390. The van der Waals surface area contributed by atoms with Crippen molar-refractivity contribution in [3.63, 3.8) is 0 Å². The second kappa shape index (κ2) is 4.31. The highest BCUT2D eigenvalue weighted by Crippen LogP contribution is 2.17. The zero-order valence-electron chi connectivity index (χ0n) is 5.75. The average molecular weight is 254 g/mol. The molecule has 2 nitrogen and oxygen atoms in total. The minimum Gasteiger partial charge on any atom is -0.378 e. The second-order valence-corrected chi connectivity index (χ2v) is 3.81. The molecule has 0 aliphatic carbocycles. The van der Waals surface area contributed by atoms with Crippen LogP contribution >= 0.6 is 22.6 Å². The van der Waals surface area contributed by atoms with Gasteiger partial charge >= 0.3 is 0 Å². The van der Waals surface area contributed by atoms with E-state index in [9.17, 15) is 0 Å². The molecule has 0 aromatic carbocycles. The Morgan fingerprint density at radius 2 is 2.50 bits per heavy atom. The molecule has 0 saturated carbocycles. The molecule has 1 aliphatic heterocycles. The van der Waals surface area contributed by atoms with E-state index in [1.54, 1.807) is 6.08 Å². The molecular formula is C7H11IO2. The number of ether oxygens (including phenoxy) is 2. The molecule has 0 amide bonds. The first kappa shape index (κ1) is 8.49. The Labute approximate surface area is 74.7 Å². The maximum absolute atomic E-state index is 5.41. The van der Waals surface area contributed by atoms with Gasteiger partial charge in [-0.2, -0.15) is 0 Å². The summed E-state index contributed by atoms with van der Waals surface area (Å²) in [5, 5.41) is 0. The fourth-order valence-corrected chi connectivity index (χ4v) is 1.52. The van der Waals surface area contributed by atoms with Gasteiger partial charge in [-0.3, -0.25) is 0 Å². The van der Waals surface area contributed by atoms with Crippen molar-refractivity contribution >= 4 is 22.6 Å². The van der Waals surface area contributed by atoms with E-state index in [1.165, 1.54) is 0 Å². The molecule has 2 atom stereocenters. The Balaban J connectivity index is 2.19. The van der Waals surface area contributed by atoms with Crippen molar-refractivity contribution in [1.29, 1.82) is 0 Å². The molecule has 0 unspecified atom stereocenters. The van der Waals surface area contributed by atoms with E-state index in [2.05, 4.69) is 29.2 Å². The van der Waals surface area contributed by atoms with Crippen LogP contribution in [0.25, 0.3) is 0 Å². The second-order valence-electron chi connectivity index (χ2n) is 2.21. The van der Waals surface area contributed by atoms with E-state index >= 15 is 0 Å². The molecule has 1 rings (SSSR count). The fourth-order valence-electron chi connectivity index (χ4n) is 0.853. The molecule has 1 fully saturated rings. The SMILES string of the molecule is C=CCO[C@@H]1COC[C@H]1I. The summed E-state index contributed by atoms with van der Waals surface area (Å²) in [6.45, 7) is 5.77. The molecule has 10 heavy (non-hydrogen) atoms. The van der Waals surface area contributed by atoms with E-state index < -0.39 is 0 Å². The Bertz CT molecular complexity index is 116. The first-order valence-corrected chi connectivity index (χ1v) is 4.53. The standard InChI is InChI=1S/C7H11IO2/c1-2-3-10-7-5-9-4-6(7)8/h2,6-7H,1,3-5H2/t6-,7-/m1/s1. The van der Waals surface area contributed by atoms with Crippen LogP contribution < -0.4 is 0 Å². The molecule has 0 spiro atoms. The van der Waals surface area contributed by atoms with Gasteiger partial charge in [0.1, 0.15) is 0 Å².